The maximum atomic E-state index is 11.9. The first-order valence-corrected chi connectivity index (χ1v) is 4.88. The van der Waals surface area contributed by atoms with E-state index in [4.69, 9.17) is 0 Å². The van der Waals surface area contributed by atoms with Crippen LogP contribution in [-0.4, -0.2) is 22.6 Å². The number of alkyl halides is 3. The van der Waals surface area contributed by atoms with Gasteiger partial charge in [-0.05, 0) is 22.6 Å². The van der Waals surface area contributed by atoms with Gasteiger partial charge < -0.3 is 4.74 Å². The van der Waals surface area contributed by atoms with Gasteiger partial charge in [0, 0.05) is 6.07 Å². The molecule has 0 aromatic carbocycles. The molecule has 0 spiro atoms. The van der Waals surface area contributed by atoms with Crippen molar-refractivity contribution >= 4 is 34.6 Å². The highest BCUT2D eigenvalue weighted by Gasteiger charge is 2.34. The zero-order valence-electron chi connectivity index (χ0n) is 7.69. The number of pyridine rings is 1. The second kappa shape index (κ2) is 4.81. The third-order valence-corrected chi connectivity index (χ3v) is 2.25. The number of carbonyl (C=O) groups excluding carboxylic acids is 1. The molecule has 6 nitrogen and oxygen atoms in total. The summed E-state index contributed by atoms with van der Waals surface area (Å²) in [5.41, 5.74) is -1.41. The average molecular weight is 362 g/mol. The molecule has 1 heterocycles. The first-order valence-electron chi connectivity index (χ1n) is 3.80. The zero-order chi connectivity index (χ0) is 13.2. The van der Waals surface area contributed by atoms with E-state index in [0.717, 1.165) is 6.07 Å². The lowest BCUT2D eigenvalue weighted by molar-refractivity contribution is -0.385. The number of rotatable bonds is 3. The van der Waals surface area contributed by atoms with Crippen molar-refractivity contribution in [2.45, 2.75) is 6.36 Å². The molecular weight excluding hydrogens is 360 g/mol. The number of nitrogens with zero attached hydrogens (tertiary/aromatic N) is 2. The number of ether oxygens (including phenoxy) is 1. The van der Waals surface area contributed by atoms with Gasteiger partial charge in [-0.3, -0.25) is 14.9 Å². The Bertz CT molecular complexity index is 477. The average Bonchev–Trinajstić information content (AvgIpc) is 2.18. The zero-order valence-corrected chi connectivity index (χ0v) is 9.85. The second-order valence-electron chi connectivity index (χ2n) is 2.60. The fraction of sp³-hybridized carbons (Fsp3) is 0.143. The standard InChI is InChI=1S/C7H2F3IN2O4/c8-7(9,10)17-6-3(11)1-5(13(15)16)4(2-14)12-6/h1-2H. The van der Waals surface area contributed by atoms with Crippen LogP contribution in [0.3, 0.4) is 0 Å². The molecule has 1 aromatic heterocycles. The molecule has 0 aliphatic carbocycles. The lowest BCUT2D eigenvalue weighted by atomic mass is 10.3. The molecule has 0 radical (unpaired) electrons. The quantitative estimate of drug-likeness (QED) is 0.357. The van der Waals surface area contributed by atoms with E-state index in [2.05, 4.69) is 9.72 Å². The molecule has 0 bridgehead atoms. The SMILES string of the molecule is O=Cc1nc(OC(F)(F)F)c(I)cc1[N+](=O)[O-]. The molecule has 0 unspecified atom stereocenters. The number of aldehydes is 1. The topological polar surface area (TPSA) is 82.3 Å². The smallest absolute Gasteiger partial charge is 0.387 e. The Morgan fingerprint density at radius 3 is 2.53 bits per heavy atom. The maximum Gasteiger partial charge on any atom is 0.574 e. The molecule has 0 aliphatic heterocycles. The highest BCUT2D eigenvalue weighted by Crippen LogP contribution is 2.29. The molecule has 92 valence electrons. The van der Waals surface area contributed by atoms with Crippen LogP contribution in [-0.2, 0) is 0 Å². The molecule has 0 aliphatic rings. The summed E-state index contributed by atoms with van der Waals surface area (Å²) < 4.78 is 39.1. The van der Waals surface area contributed by atoms with E-state index in [-0.39, 0.29) is 9.86 Å². The van der Waals surface area contributed by atoms with Gasteiger partial charge in [0.2, 0.25) is 5.88 Å². The first-order chi connectivity index (χ1) is 7.74. The van der Waals surface area contributed by atoms with Crippen LogP contribution in [0.4, 0.5) is 18.9 Å². The Morgan fingerprint density at radius 1 is 1.53 bits per heavy atom. The summed E-state index contributed by atoms with van der Waals surface area (Å²) in [6.07, 6.45) is -5.00. The molecular formula is C7H2F3IN2O4. The molecule has 0 saturated carbocycles. The van der Waals surface area contributed by atoms with Gasteiger partial charge in [-0.1, -0.05) is 0 Å². The highest BCUT2D eigenvalue weighted by molar-refractivity contribution is 14.1. The van der Waals surface area contributed by atoms with Gasteiger partial charge in [0.15, 0.2) is 12.0 Å². The lowest BCUT2D eigenvalue weighted by Crippen LogP contribution is -2.19. The number of hydrogen-bond acceptors (Lipinski definition) is 5. The monoisotopic (exact) mass is 362 g/mol. The molecule has 0 fully saturated rings. The largest absolute Gasteiger partial charge is 0.574 e. The molecule has 17 heavy (non-hydrogen) atoms. The van der Waals surface area contributed by atoms with Crippen molar-refractivity contribution in [3.05, 3.63) is 25.4 Å². The van der Waals surface area contributed by atoms with Gasteiger partial charge in [-0.25, -0.2) is 4.98 Å². The van der Waals surface area contributed by atoms with Crippen molar-refractivity contribution in [3.63, 3.8) is 0 Å². The van der Waals surface area contributed by atoms with Crippen molar-refractivity contribution in [1.82, 2.24) is 4.98 Å². The summed E-state index contributed by atoms with van der Waals surface area (Å²) in [6.45, 7) is 0. The van der Waals surface area contributed by atoms with E-state index in [1.165, 1.54) is 22.6 Å². The van der Waals surface area contributed by atoms with E-state index in [0.29, 0.717) is 0 Å². The van der Waals surface area contributed by atoms with Crippen LogP contribution < -0.4 is 4.74 Å². The summed E-state index contributed by atoms with van der Waals surface area (Å²) in [4.78, 5) is 23.1. The molecule has 0 atom stereocenters. The predicted molar refractivity (Wildman–Crippen MR) is 55.7 cm³/mol. The summed E-state index contributed by atoms with van der Waals surface area (Å²) in [5, 5.41) is 10.5. The predicted octanol–water partition coefficient (Wildman–Crippen LogP) is 2.31. The van der Waals surface area contributed by atoms with Crippen LogP contribution in [0.2, 0.25) is 0 Å². The van der Waals surface area contributed by atoms with Gasteiger partial charge in [-0.15, -0.1) is 13.2 Å². The van der Waals surface area contributed by atoms with Crippen LogP contribution in [0.1, 0.15) is 10.5 Å². The normalized spacial score (nSPS) is 11.1. The van der Waals surface area contributed by atoms with Crippen molar-refractivity contribution in [3.8, 4) is 5.88 Å². The number of aromatic nitrogens is 1. The summed E-state index contributed by atoms with van der Waals surface area (Å²) in [6, 6.07) is 0.776. The molecule has 0 amide bonds. The summed E-state index contributed by atoms with van der Waals surface area (Å²) in [5.74, 6) is -0.897. The molecule has 0 N–H and O–H groups in total. The van der Waals surface area contributed by atoms with Gasteiger partial charge in [0.25, 0.3) is 5.69 Å². The fourth-order valence-corrected chi connectivity index (χ4v) is 1.42. The minimum Gasteiger partial charge on any atom is -0.387 e. The van der Waals surface area contributed by atoms with Gasteiger partial charge in [0.05, 0.1) is 8.49 Å². The molecule has 0 saturated heterocycles. The van der Waals surface area contributed by atoms with E-state index >= 15 is 0 Å². The van der Waals surface area contributed by atoms with Crippen molar-refractivity contribution in [2.24, 2.45) is 0 Å². The highest BCUT2D eigenvalue weighted by atomic mass is 127. The van der Waals surface area contributed by atoms with E-state index in [1.54, 1.807) is 0 Å². The van der Waals surface area contributed by atoms with Crippen molar-refractivity contribution in [2.75, 3.05) is 0 Å². The van der Waals surface area contributed by atoms with Crippen molar-refractivity contribution in [1.29, 1.82) is 0 Å². The van der Waals surface area contributed by atoms with Crippen LogP contribution in [0.5, 0.6) is 5.88 Å². The molecule has 10 heteroatoms. The third kappa shape index (κ3) is 3.51. The summed E-state index contributed by atoms with van der Waals surface area (Å²) >= 11 is 1.38. The number of halogens is 4. The number of nitro groups is 1. The molecule has 1 aromatic rings. The Kier molecular flexibility index (Phi) is 3.85. The second-order valence-corrected chi connectivity index (χ2v) is 3.76. The van der Waals surface area contributed by atoms with Gasteiger partial charge >= 0.3 is 6.36 Å². The van der Waals surface area contributed by atoms with Gasteiger partial charge in [-0.2, -0.15) is 0 Å². The third-order valence-electron chi connectivity index (χ3n) is 1.47. The minimum absolute atomic E-state index is 0.0164. The van der Waals surface area contributed by atoms with Crippen LogP contribution in [0.15, 0.2) is 6.07 Å². The Balaban J connectivity index is 3.27. The number of hydrogen-bond donors (Lipinski definition) is 0. The minimum atomic E-state index is -4.98. The van der Waals surface area contributed by atoms with Crippen LogP contribution >= 0.6 is 22.6 Å². The number of carbonyl (C=O) groups is 1. The molecule has 1 rings (SSSR count). The van der Waals surface area contributed by atoms with E-state index in [9.17, 15) is 28.1 Å². The van der Waals surface area contributed by atoms with Crippen LogP contribution in [0.25, 0.3) is 0 Å². The Hall–Kier alpha value is -1.46. The van der Waals surface area contributed by atoms with E-state index < -0.39 is 28.5 Å². The van der Waals surface area contributed by atoms with Crippen molar-refractivity contribution < 1.29 is 27.6 Å². The Morgan fingerprint density at radius 2 is 2.12 bits per heavy atom. The first kappa shape index (κ1) is 13.6. The van der Waals surface area contributed by atoms with Gasteiger partial charge in [0.1, 0.15) is 0 Å². The van der Waals surface area contributed by atoms with E-state index in [1.807, 2.05) is 0 Å². The summed E-state index contributed by atoms with van der Waals surface area (Å²) in [7, 11) is 0. The fourth-order valence-electron chi connectivity index (χ4n) is 0.890. The Labute approximate surface area is 105 Å². The lowest BCUT2D eigenvalue weighted by Gasteiger charge is -2.09. The van der Waals surface area contributed by atoms with Crippen LogP contribution in [0, 0.1) is 13.7 Å². The maximum absolute atomic E-state index is 11.9.